The van der Waals surface area contributed by atoms with Gasteiger partial charge >= 0.3 is 20.4 Å². The third kappa shape index (κ3) is 6.73. The normalized spacial score (nSPS) is 11.4. The van der Waals surface area contributed by atoms with Crippen molar-refractivity contribution in [3.8, 4) is 34.1 Å². The van der Waals surface area contributed by atoms with Crippen molar-refractivity contribution in [2.24, 2.45) is 0 Å². The number of aryl methyl sites for hydroxylation is 2. The summed E-state index contributed by atoms with van der Waals surface area (Å²) in [7, 11) is 0. The second-order valence-electron chi connectivity index (χ2n) is 12.7. The van der Waals surface area contributed by atoms with Crippen LogP contribution in [0.1, 0.15) is 75.9 Å². The van der Waals surface area contributed by atoms with Crippen LogP contribution in [0.15, 0.2) is 97.2 Å². The molecule has 0 saturated carbocycles. The summed E-state index contributed by atoms with van der Waals surface area (Å²) in [4.78, 5) is 4.76. The molecule has 250 valence electrons. The number of benzene rings is 4. The Balaban J connectivity index is 0.00000417. The Bertz CT molecular complexity index is 2210. The minimum Gasteiger partial charge on any atom is -0.509 e. The average molecular weight is 737 g/mol. The Morgan fingerprint density at radius 3 is 2.31 bits per heavy atom. The topological polar surface area (TPSA) is 44.9 Å². The molecule has 0 aliphatic carbocycles. The molecule has 7 aromatic rings. The molecule has 6 heteroatoms. The summed E-state index contributed by atoms with van der Waals surface area (Å²) >= 11 is 0. The van der Waals surface area contributed by atoms with Crippen LogP contribution < -0.4 is 4.74 Å². The van der Waals surface area contributed by atoms with Gasteiger partial charge in [-0.15, -0.1) is 35.7 Å². The smallest absolute Gasteiger partial charge is 0.509 e. The quantitative estimate of drug-likeness (QED) is 0.0981. The van der Waals surface area contributed by atoms with Crippen LogP contribution >= 0.6 is 0 Å². The number of rotatable bonds is 11. The standard InChI is InChI=1S/C43H42N4O.Pd/c1-6-9-16-39-42(32-20-18-30(7-2)19-21-32)43(29(4)5)45-47(39)33-13-12-14-34(27-33)48-35-22-23-37-36-15-10-11-17-38(36)46(40(37)28-35)41-26-31(8-3)24-25-44-41;/h10-15,17-26,29H,6-9,16H2,1-5H3;/q-2;+2. The number of hydrogen-bond acceptors (Lipinski definition) is 3. The van der Waals surface area contributed by atoms with E-state index in [2.05, 4.69) is 129 Å². The van der Waals surface area contributed by atoms with E-state index in [0.29, 0.717) is 11.5 Å². The number of fused-ring (bicyclic) bond motifs is 3. The van der Waals surface area contributed by atoms with Crippen LogP contribution in [0.5, 0.6) is 11.5 Å². The summed E-state index contributed by atoms with van der Waals surface area (Å²) in [6, 6.07) is 38.9. The van der Waals surface area contributed by atoms with E-state index < -0.39 is 0 Å². The van der Waals surface area contributed by atoms with Gasteiger partial charge in [0.25, 0.3) is 0 Å². The molecule has 0 fully saturated rings. The summed E-state index contributed by atoms with van der Waals surface area (Å²) in [5.41, 5.74) is 10.3. The van der Waals surface area contributed by atoms with Crippen molar-refractivity contribution < 1.29 is 25.2 Å². The number of ether oxygens (including phenoxy) is 1. The van der Waals surface area contributed by atoms with Gasteiger partial charge in [0.15, 0.2) is 0 Å². The SMILES string of the molecule is CCCCc1c(-c2ccc(CC)cc2)c(C(C)C)nn1-c1[c-]c(Oc2[c-]c3c(cc2)c2ccccc2n3-c2cc(CC)ccn2)ccc1.[Pd+2]. The second kappa shape index (κ2) is 14.9. The minimum atomic E-state index is 0. The Kier molecular flexibility index (Phi) is 10.5. The predicted octanol–water partition coefficient (Wildman–Crippen LogP) is 11.0. The van der Waals surface area contributed by atoms with E-state index in [1.807, 2.05) is 24.4 Å². The van der Waals surface area contributed by atoms with Gasteiger partial charge in [0, 0.05) is 34.5 Å². The van der Waals surface area contributed by atoms with Crippen LogP contribution in [0, 0.1) is 12.1 Å². The first-order chi connectivity index (χ1) is 23.5. The van der Waals surface area contributed by atoms with E-state index in [9.17, 15) is 0 Å². The van der Waals surface area contributed by atoms with Gasteiger partial charge in [0.2, 0.25) is 0 Å². The molecule has 0 bridgehead atoms. The number of aromatic nitrogens is 4. The number of para-hydroxylation sites is 1. The molecule has 3 aromatic heterocycles. The van der Waals surface area contributed by atoms with Crippen LogP contribution in [-0.2, 0) is 39.7 Å². The molecule has 0 amide bonds. The fraction of sp³-hybridized carbons (Fsp3) is 0.256. The van der Waals surface area contributed by atoms with Gasteiger partial charge in [-0.05, 0) is 77.6 Å². The second-order valence-corrected chi connectivity index (χ2v) is 12.7. The molecule has 5 nitrogen and oxygen atoms in total. The number of pyridine rings is 1. The maximum Gasteiger partial charge on any atom is 2.00 e. The van der Waals surface area contributed by atoms with Gasteiger partial charge in [-0.3, -0.25) is 4.68 Å². The van der Waals surface area contributed by atoms with Crippen molar-refractivity contribution in [3.05, 3.63) is 132 Å². The van der Waals surface area contributed by atoms with E-state index in [1.54, 1.807) is 0 Å². The van der Waals surface area contributed by atoms with Gasteiger partial charge in [0.1, 0.15) is 5.82 Å². The Morgan fingerprint density at radius 1 is 0.776 bits per heavy atom. The molecule has 7 rings (SSSR count). The van der Waals surface area contributed by atoms with E-state index in [4.69, 9.17) is 14.8 Å². The molecule has 0 radical (unpaired) electrons. The molecule has 0 aliphatic rings. The third-order valence-corrected chi connectivity index (χ3v) is 9.18. The van der Waals surface area contributed by atoms with Gasteiger partial charge in [-0.25, -0.2) is 4.98 Å². The number of nitrogens with zero attached hydrogens (tertiary/aromatic N) is 4. The maximum absolute atomic E-state index is 6.51. The Morgan fingerprint density at radius 2 is 1.55 bits per heavy atom. The Labute approximate surface area is 303 Å². The Hall–Kier alpha value is -4.50. The van der Waals surface area contributed by atoms with Crippen LogP contribution in [0.4, 0.5) is 0 Å². The fourth-order valence-electron chi connectivity index (χ4n) is 6.58. The van der Waals surface area contributed by atoms with Crippen LogP contribution in [-0.4, -0.2) is 19.3 Å². The summed E-state index contributed by atoms with van der Waals surface area (Å²) in [5, 5.41) is 7.50. The van der Waals surface area contributed by atoms with Crippen LogP contribution in [0.25, 0.3) is 44.4 Å². The first-order valence-electron chi connectivity index (χ1n) is 17.3. The van der Waals surface area contributed by atoms with Gasteiger partial charge < -0.3 is 9.30 Å². The molecule has 4 aromatic carbocycles. The molecule has 0 aliphatic heterocycles. The largest absolute Gasteiger partial charge is 2.00 e. The first kappa shape index (κ1) is 34.4. The van der Waals surface area contributed by atoms with E-state index in [1.165, 1.54) is 27.9 Å². The van der Waals surface area contributed by atoms with Crippen molar-refractivity contribution in [3.63, 3.8) is 0 Å². The molecule has 49 heavy (non-hydrogen) atoms. The number of unbranched alkanes of at least 4 members (excludes halogenated alkanes) is 1. The maximum atomic E-state index is 6.51. The number of hydrogen-bond donors (Lipinski definition) is 0. The zero-order chi connectivity index (χ0) is 33.2. The molecular formula is C43H42N4OPd. The molecule has 0 atom stereocenters. The molecule has 0 spiro atoms. The van der Waals surface area contributed by atoms with Crippen molar-refractivity contribution in [1.29, 1.82) is 0 Å². The molecular weight excluding hydrogens is 695 g/mol. The summed E-state index contributed by atoms with van der Waals surface area (Å²) in [5.74, 6) is 2.39. The average Bonchev–Trinajstić information content (AvgIpc) is 3.67. The van der Waals surface area contributed by atoms with Crippen molar-refractivity contribution >= 4 is 21.8 Å². The predicted molar refractivity (Wildman–Crippen MR) is 197 cm³/mol. The minimum absolute atomic E-state index is 0. The molecule has 0 N–H and O–H groups in total. The van der Waals surface area contributed by atoms with Crippen molar-refractivity contribution in [1.82, 2.24) is 19.3 Å². The van der Waals surface area contributed by atoms with Gasteiger partial charge in [-0.2, -0.15) is 17.2 Å². The summed E-state index contributed by atoms with van der Waals surface area (Å²) in [6.07, 6.45) is 6.97. The third-order valence-electron chi connectivity index (χ3n) is 9.18. The first-order valence-corrected chi connectivity index (χ1v) is 17.3. The monoisotopic (exact) mass is 736 g/mol. The van der Waals surface area contributed by atoms with E-state index in [0.717, 1.165) is 71.1 Å². The molecule has 0 saturated heterocycles. The van der Waals surface area contributed by atoms with Crippen molar-refractivity contribution in [2.75, 3.05) is 0 Å². The zero-order valence-corrected chi connectivity index (χ0v) is 30.4. The summed E-state index contributed by atoms with van der Waals surface area (Å²) < 4.78 is 10.8. The zero-order valence-electron chi connectivity index (χ0n) is 28.9. The molecule has 0 unspecified atom stereocenters. The molecule has 3 heterocycles. The summed E-state index contributed by atoms with van der Waals surface area (Å²) in [6.45, 7) is 11.1. The van der Waals surface area contributed by atoms with Crippen LogP contribution in [0.2, 0.25) is 0 Å². The van der Waals surface area contributed by atoms with E-state index in [-0.39, 0.29) is 26.3 Å². The van der Waals surface area contributed by atoms with E-state index >= 15 is 0 Å². The van der Waals surface area contributed by atoms with Gasteiger partial charge in [0.05, 0.1) is 5.69 Å². The van der Waals surface area contributed by atoms with Crippen molar-refractivity contribution in [2.45, 2.75) is 72.6 Å². The fourth-order valence-corrected chi connectivity index (χ4v) is 6.58. The van der Waals surface area contributed by atoms with Gasteiger partial charge in [-0.1, -0.05) is 89.0 Å². The van der Waals surface area contributed by atoms with Crippen LogP contribution in [0.3, 0.4) is 0 Å².